The molecule has 0 N–H and O–H groups in total. The molecule has 8 rings (SSSR count). The Kier molecular flexibility index (Phi) is 15.5. The van der Waals surface area contributed by atoms with E-state index in [0.29, 0.717) is 66.5 Å². The van der Waals surface area contributed by atoms with Crippen LogP contribution < -0.4 is 28.6 Å². The number of fused-ring (bicyclic) bond motifs is 2. The van der Waals surface area contributed by atoms with E-state index in [9.17, 15) is 4.79 Å². The topological polar surface area (TPSA) is 104 Å². The van der Waals surface area contributed by atoms with Crippen LogP contribution in [0.3, 0.4) is 0 Å². The molecular weight excluding hydrogens is 851 g/mol. The van der Waals surface area contributed by atoms with Gasteiger partial charge in [0.1, 0.15) is 30.5 Å². The molecule has 0 amide bonds. The maximum absolute atomic E-state index is 13.5. The van der Waals surface area contributed by atoms with E-state index >= 15 is 0 Å². The number of hydrogen-bond donors (Lipinski definition) is 0. The van der Waals surface area contributed by atoms with Crippen molar-refractivity contribution in [3.05, 3.63) is 162 Å². The van der Waals surface area contributed by atoms with Gasteiger partial charge in [0.25, 0.3) is 0 Å². The van der Waals surface area contributed by atoms with E-state index in [1.807, 2.05) is 36.5 Å². The molecule has 2 aliphatic heterocycles. The first-order chi connectivity index (χ1) is 32.2. The highest BCUT2D eigenvalue weighted by Gasteiger charge is 2.31. The van der Waals surface area contributed by atoms with E-state index in [1.54, 1.807) is 43.1 Å². The van der Waals surface area contributed by atoms with Gasteiger partial charge < -0.3 is 38.1 Å². The van der Waals surface area contributed by atoms with Crippen LogP contribution in [-0.4, -0.2) is 69.5 Å². The second kappa shape index (κ2) is 22.1. The molecule has 0 radical (unpaired) electrons. The first-order valence-electron chi connectivity index (χ1n) is 22.4. The minimum atomic E-state index is -0.479. The highest BCUT2D eigenvalue weighted by atomic mass is 32.2. The summed E-state index contributed by atoms with van der Waals surface area (Å²) in [5.74, 6) is 3.19. The maximum atomic E-state index is 13.5. The lowest BCUT2D eigenvalue weighted by Gasteiger charge is -2.31. The van der Waals surface area contributed by atoms with Gasteiger partial charge in [-0.3, -0.25) is 5.01 Å². The standard InChI is InChI=1S/C54H57N3O8S/c1-6-60-45-21-18-41(19-22-45)53(58)65-48-24-15-38(30-44(48)34-55-57(27-26-37(2)3)54-56(4)47-10-7-8-11-51(47)66-54)12-13-39-16-25-49(50(32-39)59-5)63-35-40-14-17-43-33-46(23-20-42(43)31-40)61-28-9-29-62-52-36-64-52/h6-8,10-11,14-25,30-34,37,52,54H,1,9,12-13,26-29,35-36H2,2-5H3/b55-34+. The summed E-state index contributed by atoms with van der Waals surface area (Å²) in [7, 11) is 3.77. The van der Waals surface area contributed by atoms with Crippen LogP contribution in [0.4, 0.5) is 5.69 Å². The molecule has 6 aromatic rings. The van der Waals surface area contributed by atoms with Crippen molar-refractivity contribution < 1.29 is 38.0 Å². The number of para-hydroxylation sites is 1. The number of aryl methyl sites for hydroxylation is 2. The number of nitrogens with zero attached hydrogens (tertiary/aromatic N) is 3. The summed E-state index contributed by atoms with van der Waals surface area (Å²) in [6.07, 6.45) is 6.39. The molecule has 1 saturated heterocycles. The Labute approximate surface area is 391 Å². The van der Waals surface area contributed by atoms with E-state index in [-0.39, 0.29) is 11.8 Å². The summed E-state index contributed by atoms with van der Waals surface area (Å²) in [6.45, 7) is 11.1. The number of carbonyl (C=O) groups excluding carboxylic acids is 1. The number of benzene rings is 6. The number of esters is 1. The lowest BCUT2D eigenvalue weighted by Crippen LogP contribution is -2.40. The van der Waals surface area contributed by atoms with E-state index in [1.165, 1.54) is 16.8 Å². The molecule has 0 saturated carbocycles. The Morgan fingerprint density at radius 2 is 1.58 bits per heavy atom. The average Bonchev–Trinajstić information content (AvgIpc) is 4.11. The van der Waals surface area contributed by atoms with E-state index in [0.717, 1.165) is 65.4 Å². The third-order valence-electron chi connectivity index (χ3n) is 11.3. The molecule has 0 bridgehead atoms. The summed E-state index contributed by atoms with van der Waals surface area (Å²) < 4.78 is 40.1. The molecule has 12 heteroatoms. The molecule has 2 unspecified atom stereocenters. The van der Waals surface area contributed by atoms with Gasteiger partial charge in [-0.25, -0.2) is 4.79 Å². The van der Waals surface area contributed by atoms with Gasteiger partial charge in [0.15, 0.2) is 23.3 Å². The van der Waals surface area contributed by atoms with Crippen LogP contribution in [0.1, 0.15) is 59.3 Å². The summed E-state index contributed by atoms with van der Waals surface area (Å²) in [5, 5.41) is 9.46. The molecular formula is C54H57N3O8S. The molecule has 11 nitrogen and oxygen atoms in total. The Bertz CT molecular complexity index is 2630. The molecule has 66 heavy (non-hydrogen) atoms. The number of methoxy groups -OCH3 is 1. The second-order valence-corrected chi connectivity index (χ2v) is 17.7. The highest BCUT2D eigenvalue weighted by Crippen LogP contribution is 2.44. The molecule has 1 fully saturated rings. The molecule has 2 atom stereocenters. The quantitative estimate of drug-likeness (QED) is 0.0117. The van der Waals surface area contributed by atoms with Crippen molar-refractivity contribution in [1.82, 2.24) is 5.01 Å². The van der Waals surface area contributed by atoms with Crippen molar-refractivity contribution in [2.75, 3.05) is 45.4 Å². The first-order valence-corrected chi connectivity index (χ1v) is 23.3. The van der Waals surface area contributed by atoms with Crippen LogP contribution in [0.2, 0.25) is 0 Å². The predicted molar refractivity (Wildman–Crippen MR) is 261 cm³/mol. The van der Waals surface area contributed by atoms with Gasteiger partial charge in [-0.15, -0.1) is 0 Å². The molecule has 0 aromatic heterocycles. The normalized spacial score (nSPS) is 15.2. The third-order valence-corrected chi connectivity index (χ3v) is 12.7. The van der Waals surface area contributed by atoms with Crippen molar-refractivity contribution in [1.29, 1.82) is 0 Å². The Morgan fingerprint density at radius 3 is 2.33 bits per heavy atom. The van der Waals surface area contributed by atoms with Gasteiger partial charge in [0.05, 0.1) is 44.1 Å². The van der Waals surface area contributed by atoms with Crippen molar-refractivity contribution >= 4 is 40.4 Å². The summed E-state index contributed by atoms with van der Waals surface area (Å²) in [4.78, 5) is 17.0. The fourth-order valence-electron chi connectivity index (χ4n) is 7.53. The maximum Gasteiger partial charge on any atom is 0.343 e. The van der Waals surface area contributed by atoms with Crippen LogP contribution in [0.15, 0.2) is 144 Å². The molecule has 0 aliphatic carbocycles. The van der Waals surface area contributed by atoms with Crippen molar-refractivity contribution in [2.24, 2.45) is 11.0 Å². The monoisotopic (exact) mass is 907 g/mol. The van der Waals surface area contributed by atoms with Crippen LogP contribution in [0, 0.1) is 5.92 Å². The van der Waals surface area contributed by atoms with E-state index in [4.69, 9.17) is 38.3 Å². The number of thioether (sulfide) groups is 1. The zero-order valence-electron chi connectivity index (χ0n) is 38.0. The zero-order valence-corrected chi connectivity index (χ0v) is 38.8. The molecule has 0 spiro atoms. The first kappa shape index (κ1) is 46.1. The SMILES string of the molecule is C=COc1ccc(C(=O)Oc2ccc(CCc3ccc(OCc4ccc5cc(OCCCOC6CO6)ccc5c4)c(OC)c3)cc2/C=N/N(CCC(C)C)C2Sc3ccccc3N2C)cc1. The number of anilines is 1. The van der Waals surface area contributed by atoms with Gasteiger partial charge in [0.2, 0.25) is 0 Å². The van der Waals surface area contributed by atoms with Crippen LogP contribution in [0.25, 0.3) is 10.8 Å². The summed E-state index contributed by atoms with van der Waals surface area (Å²) >= 11 is 1.78. The minimum Gasteiger partial charge on any atom is -0.493 e. The minimum absolute atomic E-state index is 0.0232. The highest BCUT2D eigenvalue weighted by molar-refractivity contribution is 8.00. The largest absolute Gasteiger partial charge is 0.493 e. The molecule has 2 aliphatic rings. The lowest BCUT2D eigenvalue weighted by atomic mass is 10.0. The van der Waals surface area contributed by atoms with Gasteiger partial charge >= 0.3 is 5.97 Å². The number of epoxide rings is 1. The van der Waals surface area contributed by atoms with Gasteiger partial charge in [-0.1, -0.05) is 74.7 Å². The van der Waals surface area contributed by atoms with Crippen LogP contribution in [-0.2, 0) is 28.9 Å². The number of rotatable bonds is 23. The van der Waals surface area contributed by atoms with E-state index < -0.39 is 5.97 Å². The van der Waals surface area contributed by atoms with Crippen molar-refractivity contribution in [3.63, 3.8) is 0 Å². The number of carbonyl (C=O) groups is 1. The predicted octanol–water partition coefficient (Wildman–Crippen LogP) is 11.3. The number of ether oxygens (including phenoxy) is 7. The van der Waals surface area contributed by atoms with Gasteiger partial charge in [-0.05, 0) is 132 Å². The van der Waals surface area contributed by atoms with Crippen molar-refractivity contribution in [2.45, 2.75) is 62.8 Å². The van der Waals surface area contributed by atoms with Gasteiger partial charge in [-0.2, -0.15) is 5.10 Å². The molecule has 342 valence electrons. The average molecular weight is 908 g/mol. The number of hydrazone groups is 1. The van der Waals surface area contributed by atoms with Crippen molar-refractivity contribution in [3.8, 4) is 28.7 Å². The summed E-state index contributed by atoms with van der Waals surface area (Å²) in [5.41, 5.74) is 5.47. The molecule has 2 heterocycles. The zero-order chi connectivity index (χ0) is 45.8. The third kappa shape index (κ3) is 12.2. The Hall–Kier alpha value is -6.47. The molecule has 6 aromatic carbocycles. The van der Waals surface area contributed by atoms with E-state index in [2.05, 4.69) is 104 Å². The summed E-state index contributed by atoms with van der Waals surface area (Å²) in [6, 6.07) is 39.6. The number of hydrogen-bond acceptors (Lipinski definition) is 12. The van der Waals surface area contributed by atoms with Crippen LogP contribution in [0.5, 0.6) is 28.7 Å². The lowest BCUT2D eigenvalue weighted by molar-refractivity contribution is 0.0435. The Balaban J connectivity index is 0.943. The smallest absolute Gasteiger partial charge is 0.343 e. The fraction of sp³-hybridized carbons (Fsp3) is 0.296. The van der Waals surface area contributed by atoms with Crippen LogP contribution >= 0.6 is 11.8 Å². The second-order valence-electron chi connectivity index (χ2n) is 16.6. The van der Waals surface area contributed by atoms with Gasteiger partial charge in [0, 0.05) is 30.5 Å². The fourth-order valence-corrected chi connectivity index (χ4v) is 8.80. The Morgan fingerprint density at radius 1 is 0.848 bits per heavy atom.